The molecule has 1 aliphatic heterocycles. The number of benzene rings is 3. The highest BCUT2D eigenvalue weighted by molar-refractivity contribution is 5.79. The fraction of sp³-hybridized carbons (Fsp3) is 0.406. The topological polar surface area (TPSA) is 53.0 Å². The number of rotatable bonds is 9. The average molecular weight is 499 g/mol. The number of likely N-dealkylation sites (tertiary alicyclic amines) is 1. The van der Waals surface area contributed by atoms with Gasteiger partial charge in [-0.3, -0.25) is 9.69 Å². The molecule has 1 N–H and O–H groups in total. The molecule has 0 bridgehead atoms. The lowest BCUT2D eigenvalue weighted by molar-refractivity contribution is -0.136. The number of nitrogens with zero attached hydrogens (tertiary/aromatic N) is 2. The maximum absolute atomic E-state index is 13.8. The van der Waals surface area contributed by atoms with E-state index in [1.54, 1.807) is 13.2 Å². The number of ether oxygens (including phenoxy) is 1. The van der Waals surface area contributed by atoms with Crippen molar-refractivity contribution in [2.75, 3.05) is 26.7 Å². The van der Waals surface area contributed by atoms with E-state index in [1.807, 2.05) is 30.3 Å². The summed E-state index contributed by atoms with van der Waals surface area (Å²) < 4.78 is 5.54. The Labute approximate surface area is 220 Å². The van der Waals surface area contributed by atoms with E-state index < -0.39 is 0 Å². The number of phenols is 1. The van der Waals surface area contributed by atoms with Gasteiger partial charge in [-0.2, -0.15) is 0 Å². The Kier molecular flexibility index (Phi) is 8.10. The summed E-state index contributed by atoms with van der Waals surface area (Å²) in [5, 5.41) is 10.4. The Morgan fingerprint density at radius 3 is 2.49 bits per heavy atom. The Balaban J connectivity index is 1.41. The predicted octanol–water partition coefficient (Wildman–Crippen LogP) is 5.84. The largest absolute Gasteiger partial charge is 0.508 e. The molecule has 2 unspecified atom stereocenters. The number of carbonyl (C=O) groups is 1. The molecule has 2 atom stereocenters. The maximum Gasteiger partial charge on any atom is 0.225 e. The van der Waals surface area contributed by atoms with E-state index in [2.05, 4.69) is 52.3 Å². The molecule has 5 nitrogen and oxygen atoms in total. The molecule has 1 heterocycles. The summed E-state index contributed by atoms with van der Waals surface area (Å²) in [5.74, 6) is 2.22. The minimum absolute atomic E-state index is 0.151. The highest BCUT2D eigenvalue weighted by Gasteiger charge is 2.37. The first kappa shape index (κ1) is 25.3. The molecule has 5 rings (SSSR count). The van der Waals surface area contributed by atoms with Gasteiger partial charge in [-0.25, -0.2) is 0 Å². The zero-order valence-corrected chi connectivity index (χ0v) is 21.8. The number of aromatic hydroxyl groups is 1. The van der Waals surface area contributed by atoms with Crippen molar-refractivity contribution in [1.29, 1.82) is 0 Å². The molecule has 194 valence electrons. The molecule has 2 fully saturated rings. The summed E-state index contributed by atoms with van der Waals surface area (Å²) in [4.78, 5) is 18.3. The summed E-state index contributed by atoms with van der Waals surface area (Å²) in [5.41, 5.74) is 3.36. The van der Waals surface area contributed by atoms with Crippen molar-refractivity contribution in [2.45, 2.75) is 44.7 Å². The second-order valence-electron chi connectivity index (χ2n) is 10.7. The normalized spacial score (nSPS) is 20.2. The van der Waals surface area contributed by atoms with Crippen molar-refractivity contribution < 1.29 is 14.6 Å². The second kappa shape index (κ2) is 11.8. The van der Waals surface area contributed by atoms with Crippen LogP contribution in [0.25, 0.3) is 0 Å². The predicted molar refractivity (Wildman–Crippen MR) is 146 cm³/mol. The third-order valence-electron chi connectivity index (χ3n) is 8.11. The van der Waals surface area contributed by atoms with E-state index in [1.165, 1.54) is 11.1 Å². The summed E-state index contributed by atoms with van der Waals surface area (Å²) >= 11 is 0. The summed E-state index contributed by atoms with van der Waals surface area (Å²) in [7, 11) is 1.71. The summed E-state index contributed by atoms with van der Waals surface area (Å²) in [6, 6.07) is 26.3. The van der Waals surface area contributed by atoms with Crippen LogP contribution in [-0.2, 0) is 17.9 Å². The van der Waals surface area contributed by atoms with Crippen molar-refractivity contribution in [1.82, 2.24) is 9.80 Å². The fourth-order valence-corrected chi connectivity index (χ4v) is 6.16. The summed E-state index contributed by atoms with van der Waals surface area (Å²) in [6.45, 7) is 3.82. The molecule has 37 heavy (non-hydrogen) atoms. The van der Waals surface area contributed by atoms with Gasteiger partial charge in [0.25, 0.3) is 0 Å². The third-order valence-corrected chi connectivity index (χ3v) is 8.11. The van der Waals surface area contributed by atoms with Crippen LogP contribution < -0.4 is 4.74 Å². The van der Waals surface area contributed by atoms with Gasteiger partial charge in [0.2, 0.25) is 5.91 Å². The average Bonchev–Trinajstić information content (AvgIpc) is 3.60. The van der Waals surface area contributed by atoms with Crippen LogP contribution in [0.5, 0.6) is 11.5 Å². The molecular weight excluding hydrogens is 460 g/mol. The Hall–Kier alpha value is -3.31. The van der Waals surface area contributed by atoms with Gasteiger partial charge in [-0.15, -0.1) is 0 Å². The number of phenolic OH excluding ortho intramolecular Hbond substituents is 1. The van der Waals surface area contributed by atoms with Gasteiger partial charge in [-0.1, -0.05) is 73.5 Å². The second-order valence-corrected chi connectivity index (χ2v) is 10.7. The van der Waals surface area contributed by atoms with Gasteiger partial charge in [-0.05, 0) is 48.1 Å². The minimum atomic E-state index is 0.151. The van der Waals surface area contributed by atoms with Crippen LogP contribution in [0.3, 0.4) is 0 Å². The Morgan fingerprint density at radius 1 is 0.973 bits per heavy atom. The van der Waals surface area contributed by atoms with Crippen molar-refractivity contribution >= 4 is 5.91 Å². The van der Waals surface area contributed by atoms with Crippen LogP contribution in [0.2, 0.25) is 0 Å². The smallest absolute Gasteiger partial charge is 0.225 e. The van der Waals surface area contributed by atoms with E-state index in [0.717, 1.165) is 56.6 Å². The van der Waals surface area contributed by atoms with Crippen LogP contribution >= 0.6 is 0 Å². The molecule has 1 amide bonds. The first-order chi connectivity index (χ1) is 18.1. The monoisotopic (exact) mass is 498 g/mol. The van der Waals surface area contributed by atoms with Crippen molar-refractivity contribution in [3.63, 3.8) is 0 Å². The van der Waals surface area contributed by atoms with E-state index >= 15 is 0 Å². The van der Waals surface area contributed by atoms with Crippen LogP contribution in [-0.4, -0.2) is 47.6 Å². The van der Waals surface area contributed by atoms with Gasteiger partial charge < -0.3 is 14.7 Å². The third kappa shape index (κ3) is 6.16. The molecule has 0 aromatic heterocycles. The number of hydrogen-bond acceptors (Lipinski definition) is 4. The van der Waals surface area contributed by atoms with Crippen LogP contribution in [0.4, 0.5) is 0 Å². The molecule has 3 aromatic rings. The highest BCUT2D eigenvalue weighted by atomic mass is 16.5. The molecular formula is C32H38N2O3. The van der Waals surface area contributed by atoms with E-state index in [0.29, 0.717) is 24.7 Å². The maximum atomic E-state index is 13.8. The van der Waals surface area contributed by atoms with E-state index in [4.69, 9.17) is 4.74 Å². The van der Waals surface area contributed by atoms with Crippen molar-refractivity contribution in [3.05, 3.63) is 95.6 Å². The van der Waals surface area contributed by atoms with Gasteiger partial charge >= 0.3 is 0 Å². The first-order valence-corrected chi connectivity index (χ1v) is 13.6. The first-order valence-electron chi connectivity index (χ1n) is 13.6. The number of carbonyl (C=O) groups excluding carboxylic acids is 1. The zero-order valence-electron chi connectivity index (χ0n) is 21.8. The van der Waals surface area contributed by atoms with E-state index in [-0.39, 0.29) is 17.8 Å². The standard InChI is InChI=1S/C32H38N2O3/c1-37-29-16-9-15-26(18-29)30-23-33(20-27-14-7-8-17-31(27)35)21-28(30)22-34(19-24-10-3-2-4-11-24)32(36)25-12-5-6-13-25/h2-4,7-11,14-18,25,28,30,35H,5-6,12-13,19-23H2,1H3. The molecule has 2 aliphatic rings. The molecule has 1 aliphatic carbocycles. The number of para-hydroxylation sites is 1. The molecule has 0 radical (unpaired) electrons. The lowest BCUT2D eigenvalue weighted by atomic mass is 9.88. The van der Waals surface area contributed by atoms with Crippen LogP contribution in [0.15, 0.2) is 78.9 Å². The lowest BCUT2D eigenvalue weighted by Gasteiger charge is -2.31. The van der Waals surface area contributed by atoms with Crippen LogP contribution in [0, 0.1) is 11.8 Å². The lowest BCUT2D eigenvalue weighted by Crippen LogP contribution is -2.40. The van der Waals surface area contributed by atoms with Gasteiger partial charge in [0.15, 0.2) is 0 Å². The Bertz CT molecular complexity index is 1180. The quantitative estimate of drug-likeness (QED) is 0.403. The Morgan fingerprint density at radius 2 is 1.73 bits per heavy atom. The van der Waals surface area contributed by atoms with Crippen LogP contribution in [0.1, 0.15) is 48.3 Å². The molecule has 0 spiro atoms. The molecule has 3 aromatic carbocycles. The number of amides is 1. The molecule has 1 saturated carbocycles. The highest BCUT2D eigenvalue weighted by Crippen LogP contribution is 2.37. The fourth-order valence-electron chi connectivity index (χ4n) is 6.16. The van der Waals surface area contributed by atoms with Crippen molar-refractivity contribution in [3.8, 4) is 11.5 Å². The number of hydrogen-bond donors (Lipinski definition) is 1. The molecule has 1 saturated heterocycles. The summed E-state index contributed by atoms with van der Waals surface area (Å²) in [6.07, 6.45) is 4.32. The molecule has 5 heteroatoms. The van der Waals surface area contributed by atoms with E-state index in [9.17, 15) is 9.90 Å². The minimum Gasteiger partial charge on any atom is -0.508 e. The number of methoxy groups -OCH3 is 1. The van der Waals surface area contributed by atoms with Crippen molar-refractivity contribution in [2.24, 2.45) is 11.8 Å². The van der Waals surface area contributed by atoms with Gasteiger partial charge in [0.05, 0.1) is 7.11 Å². The van der Waals surface area contributed by atoms with Gasteiger partial charge in [0.1, 0.15) is 11.5 Å². The van der Waals surface area contributed by atoms with Gasteiger partial charge in [0, 0.05) is 50.1 Å². The SMILES string of the molecule is COc1cccc(C2CN(Cc3ccccc3O)CC2CN(Cc2ccccc2)C(=O)C2CCCC2)c1. The zero-order chi connectivity index (χ0) is 25.6.